The number of benzene rings is 2. The number of hydrogen-bond donors (Lipinski definition) is 0. The zero-order chi connectivity index (χ0) is 27.1. The molecule has 0 aromatic heterocycles. The molecule has 2 rings (SSSR count). The molecule has 0 spiro atoms. The summed E-state index contributed by atoms with van der Waals surface area (Å²) in [6, 6.07) is 16.1. The Balaban J connectivity index is 1.92. The molecular formula is C26H40NO7PS2. The molecule has 3 unspecified atom stereocenters. The van der Waals surface area contributed by atoms with Crippen molar-refractivity contribution in [3.8, 4) is 11.5 Å². The van der Waals surface area contributed by atoms with Gasteiger partial charge in [-0.05, 0) is 67.6 Å². The zero-order valence-corrected chi connectivity index (χ0v) is 24.9. The predicted octanol–water partition coefficient (Wildman–Crippen LogP) is 5.04. The van der Waals surface area contributed by atoms with Crippen LogP contribution in [-0.2, 0) is 42.0 Å². The summed E-state index contributed by atoms with van der Waals surface area (Å²) in [5.74, 6) is 3.08. The lowest BCUT2D eigenvalue weighted by molar-refractivity contribution is -0.0624. The van der Waals surface area contributed by atoms with E-state index in [2.05, 4.69) is 12.1 Å². The molecule has 208 valence electrons. The van der Waals surface area contributed by atoms with Crippen LogP contribution in [0, 0.1) is 0 Å². The molecule has 2 aromatic rings. The van der Waals surface area contributed by atoms with E-state index in [9.17, 15) is 8.77 Å². The fourth-order valence-corrected chi connectivity index (χ4v) is 7.46. The summed E-state index contributed by atoms with van der Waals surface area (Å²) in [4.78, 5) is 1.99. The lowest BCUT2D eigenvalue weighted by atomic mass is 10.0. The summed E-state index contributed by atoms with van der Waals surface area (Å²) in [5, 5.41) is 0. The molecule has 3 atom stereocenters. The van der Waals surface area contributed by atoms with Gasteiger partial charge in [0.1, 0.15) is 24.2 Å². The molecule has 0 saturated carbocycles. The number of hydrogen-bond acceptors (Lipinski definition) is 9. The molecule has 0 N–H and O–H groups in total. The molecule has 8 nitrogen and oxygen atoms in total. The summed E-state index contributed by atoms with van der Waals surface area (Å²) in [7, 11) is 5.97. The number of rotatable bonds is 19. The van der Waals surface area contributed by atoms with E-state index < -0.39 is 17.6 Å². The Labute approximate surface area is 228 Å². The minimum Gasteiger partial charge on any atom is -0.497 e. The summed E-state index contributed by atoms with van der Waals surface area (Å²) >= 11 is 1.04. The van der Waals surface area contributed by atoms with E-state index in [1.54, 1.807) is 7.11 Å². The van der Waals surface area contributed by atoms with E-state index in [0.29, 0.717) is 30.4 Å². The average molecular weight is 574 g/mol. The third-order valence-corrected chi connectivity index (χ3v) is 10.8. The molecule has 0 aliphatic rings. The van der Waals surface area contributed by atoms with Crippen molar-refractivity contribution in [3.05, 3.63) is 59.7 Å². The third kappa shape index (κ3) is 12.3. The van der Waals surface area contributed by atoms with Gasteiger partial charge in [0.25, 0.3) is 0 Å². The number of likely N-dealkylation sites (N-methyl/N-ethyl adjacent to an activating group) is 1. The Morgan fingerprint density at radius 1 is 1.08 bits per heavy atom. The van der Waals surface area contributed by atoms with Gasteiger partial charge in [0, 0.05) is 41.7 Å². The SMILES string of the molecule is CCS(=O)CCSP(=O)(OC)OCOC(COc1ccccc1CCc1cccc(OC)c1)CN(C)C. The Morgan fingerprint density at radius 3 is 2.57 bits per heavy atom. The maximum Gasteiger partial charge on any atom is 0.390 e. The monoisotopic (exact) mass is 573 g/mol. The lowest BCUT2D eigenvalue weighted by Gasteiger charge is -2.23. The molecule has 11 heteroatoms. The van der Waals surface area contributed by atoms with E-state index in [1.165, 1.54) is 12.7 Å². The van der Waals surface area contributed by atoms with E-state index in [4.69, 9.17) is 23.3 Å². The number of nitrogens with zero attached hydrogens (tertiary/aromatic N) is 1. The van der Waals surface area contributed by atoms with Crippen LogP contribution in [0.5, 0.6) is 11.5 Å². The van der Waals surface area contributed by atoms with Gasteiger partial charge < -0.3 is 23.6 Å². The van der Waals surface area contributed by atoms with Crippen LogP contribution < -0.4 is 9.47 Å². The molecule has 0 saturated heterocycles. The van der Waals surface area contributed by atoms with Gasteiger partial charge in [0.2, 0.25) is 0 Å². The Bertz CT molecular complexity index is 1010. The Kier molecular flexibility index (Phi) is 14.8. The Hall–Kier alpha value is -1.39. The minimum atomic E-state index is -3.39. The first-order chi connectivity index (χ1) is 17.8. The van der Waals surface area contributed by atoms with Gasteiger partial charge in [0.05, 0.1) is 7.11 Å². The first-order valence-electron chi connectivity index (χ1n) is 12.2. The maximum atomic E-state index is 12.8. The highest BCUT2D eigenvalue weighted by molar-refractivity contribution is 8.55. The standard InChI is InChI=1S/C26H40NO7PS2/c1-6-37(29)17-16-36-35(28,31-5)34-21-33-25(19-27(2)3)20-32-26-13-8-7-11-23(26)15-14-22-10-9-12-24(18-22)30-4/h7-13,18,25H,6,14-17,19-21H2,1-5H3. The van der Waals surface area contributed by atoms with E-state index in [0.717, 1.165) is 41.3 Å². The fraction of sp³-hybridized carbons (Fsp3) is 0.538. The molecule has 0 radical (unpaired) electrons. The van der Waals surface area contributed by atoms with Crippen molar-refractivity contribution >= 4 is 29.0 Å². The molecule has 0 bridgehead atoms. The van der Waals surface area contributed by atoms with Crippen LogP contribution in [0.3, 0.4) is 0 Å². The van der Waals surface area contributed by atoms with Crippen molar-refractivity contribution in [1.29, 1.82) is 0 Å². The molecule has 0 aliphatic heterocycles. The van der Waals surface area contributed by atoms with Crippen LogP contribution in [0.25, 0.3) is 0 Å². The molecular weight excluding hydrogens is 533 g/mol. The summed E-state index contributed by atoms with van der Waals surface area (Å²) in [6.07, 6.45) is 1.37. The molecule has 2 aromatic carbocycles. The quantitative estimate of drug-likeness (QED) is 0.170. The van der Waals surface area contributed by atoms with Gasteiger partial charge in [-0.25, -0.2) is 4.57 Å². The molecule has 37 heavy (non-hydrogen) atoms. The molecule has 0 amide bonds. The first kappa shape index (κ1) is 31.8. The van der Waals surface area contributed by atoms with E-state index >= 15 is 0 Å². The van der Waals surface area contributed by atoms with Gasteiger partial charge in [0.15, 0.2) is 6.79 Å². The normalized spacial score (nSPS) is 14.8. The second kappa shape index (κ2) is 17.2. The largest absolute Gasteiger partial charge is 0.497 e. The van der Waals surface area contributed by atoms with Crippen LogP contribution in [0.1, 0.15) is 18.1 Å². The van der Waals surface area contributed by atoms with E-state index in [-0.39, 0.29) is 12.9 Å². The van der Waals surface area contributed by atoms with Crippen molar-refractivity contribution in [3.63, 3.8) is 0 Å². The third-order valence-electron chi connectivity index (χ3n) is 5.40. The van der Waals surface area contributed by atoms with Gasteiger partial charge in [-0.3, -0.25) is 8.73 Å². The number of aryl methyl sites for hydroxylation is 2. The summed E-state index contributed by atoms with van der Waals surface area (Å²) in [6.45, 7) is -0.843. The van der Waals surface area contributed by atoms with Crippen molar-refractivity contribution in [2.24, 2.45) is 0 Å². The minimum absolute atomic E-state index is 0.200. The van der Waals surface area contributed by atoms with Gasteiger partial charge >= 0.3 is 6.80 Å². The first-order valence-corrected chi connectivity index (χ1v) is 16.8. The van der Waals surface area contributed by atoms with E-state index in [1.807, 2.05) is 62.3 Å². The topological polar surface area (TPSA) is 83.5 Å². The molecule has 0 heterocycles. The Morgan fingerprint density at radius 2 is 1.86 bits per heavy atom. The average Bonchev–Trinajstić information content (AvgIpc) is 2.90. The van der Waals surface area contributed by atoms with Crippen LogP contribution in [0.2, 0.25) is 0 Å². The van der Waals surface area contributed by atoms with Crippen molar-refractivity contribution in [1.82, 2.24) is 4.90 Å². The van der Waals surface area contributed by atoms with Crippen molar-refractivity contribution in [2.45, 2.75) is 25.9 Å². The maximum absolute atomic E-state index is 12.8. The fourth-order valence-electron chi connectivity index (χ4n) is 3.42. The number of ether oxygens (including phenoxy) is 3. The summed E-state index contributed by atoms with van der Waals surface area (Å²) in [5.41, 5.74) is 2.30. The van der Waals surface area contributed by atoms with Crippen LogP contribution >= 0.6 is 18.2 Å². The van der Waals surface area contributed by atoms with Gasteiger partial charge in [-0.1, -0.05) is 37.3 Å². The number of methoxy groups -OCH3 is 1. The zero-order valence-electron chi connectivity index (χ0n) is 22.4. The van der Waals surface area contributed by atoms with Crippen molar-refractivity contribution < 1.29 is 32.0 Å². The highest BCUT2D eigenvalue weighted by Crippen LogP contribution is 2.59. The highest BCUT2D eigenvalue weighted by Gasteiger charge is 2.25. The predicted molar refractivity (Wildman–Crippen MR) is 152 cm³/mol. The molecule has 0 fully saturated rings. The van der Waals surface area contributed by atoms with Crippen LogP contribution in [-0.4, -0.2) is 80.7 Å². The summed E-state index contributed by atoms with van der Waals surface area (Å²) < 4.78 is 52.4. The highest BCUT2D eigenvalue weighted by atomic mass is 32.7. The van der Waals surface area contributed by atoms with Gasteiger partial charge in [-0.2, -0.15) is 0 Å². The second-order valence-corrected chi connectivity index (χ2v) is 14.6. The smallest absolute Gasteiger partial charge is 0.390 e. The lowest BCUT2D eigenvalue weighted by Crippen LogP contribution is -2.34. The van der Waals surface area contributed by atoms with Crippen LogP contribution in [0.15, 0.2) is 48.5 Å². The van der Waals surface area contributed by atoms with Gasteiger partial charge in [-0.15, -0.1) is 0 Å². The second-order valence-electron chi connectivity index (χ2n) is 8.46. The number of para-hydroxylation sites is 1. The molecule has 0 aliphatic carbocycles. The van der Waals surface area contributed by atoms with Crippen LogP contribution in [0.4, 0.5) is 0 Å². The van der Waals surface area contributed by atoms with Crippen molar-refractivity contribution in [2.75, 3.05) is 65.5 Å².